The lowest BCUT2D eigenvalue weighted by Crippen LogP contribution is -2.54. The van der Waals surface area contributed by atoms with Crippen LogP contribution in [0.1, 0.15) is 29.5 Å². The molecule has 0 aliphatic carbocycles. The molecule has 1 atom stereocenters. The van der Waals surface area contributed by atoms with Gasteiger partial charge >= 0.3 is 6.18 Å². The number of benzene rings is 2. The van der Waals surface area contributed by atoms with E-state index in [0.717, 1.165) is 12.3 Å². The van der Waals surface area contributed by atoms with Gasteiger partial charge in [0.2, 0.25) is 10.0 Å². The van der Waals surface area contributed by atoms with E-state index in [1.54, 1.807) is 30.3 Å². The lowest BCUT2D eigenvalue weighted by molar-refractivity contribution is -0.142. The highest BCUT2D eigenvalue weighted by molar-refractivity contribution is 7.88. The number of nitrogens with one attached hydrogen (secondary N) is 1. The lowest BCUT2D eigenvalue weighted by atomic mass is 9.76. The maximum Gasteiger partial charge on any atom is 0.417 e. The minimum Gasteiger partial charge on any atom is -0.379 e. The highest BCUT2D eigenvalue weighted by Gasteiger charge is 2.46. The fourth-order valence-corrected chi connectivity index (χ4v) is 5.05. The molecule has 34 heavy (non-hydrogen) atoms. The molecule has 11 heteroatoms. The summed E-state index contributed by atoms with van der Waals surface area (Å²) in [7, 11) is -3.43. The van der Waals surface area contributed by atoms with Gasteiger partial charge in [0, 0.05) is 25.2 Å². The standard InChI is InChI=1S/C23H24F3N3O4S/c1-34(32,33)29-11-9-18(10-12-29)22(31,14-16-5-3-2-4-6-16)21(30)28-19-8-7-17(15-27)20(13-19)23(24,25)26/h2-8,13,18,31H,9-12,14H2,1H3,(H,28,30)/t22-/m1/s1. The van der Waals surface area contributed by atoms with Gasteiger partial charge in [-0.2, -0.15) is 18.4 Å². The molecule has 1 aliphatic heterocycles. The summed E-state index contributed by atoms with van der Waals surface area (Å²) in [5.41, 5.74) is -3.35. The lowest BCUT2D eigenvalue weighted by Gasteiger charge is -2.40. The molecule has 2 N–H and O–H groups in total. The van der Waals surface area contributed by atoms with Crippen molar-refractivity contribution in [1.29, 1.82) is 5.26 Å². The van der Waals surface area contributed by atoms with Crippen molar-refractivity contribution in [3.63, 3.8) is 0 Å². The summed E-state index contributed by atoms with van der Waals surface area (Å²) < 4.78 is 64.9. The van der Waals surface area contributed by atoms with Crippen molar-refractivity contribution >= 4 is 21.6 Å². The Kier molecular flexibility index (Phi) is 7.35. The second kappa shape index (κ2) is 9.74. The van der Waals surface area contributed by atoms with Crippen molar-refractivity contribution < 1.29 is 31.5 Å². The maximum absolute atomic E-state index is 13.3. The number of rotatable bonds is 6. The van der Waals surface area contributed by atoms with Crippen molar-refractivity contribution in [2.24, 2.45) is 5.92 Å². The van der Waals surface area contributed by atoms with Crippen LogP contribution in [-0.4, -0.2) is 48.7 Å². The second-order valence-electron chi connectivity index (χ2n) is 8.35. The monoisotopic (exact) mass is 495 g/mol. The number of hydrogen-bond donors (Lipinski definition) is 2. The molecule has 182 valence electrons. The van der Waals surface area contributed by atoms with Crippen LogP contribution >= 0.6 is 0 Å². The van der Waals surface area contributed by atoms with E-state index in [1.807, 2.05) is 0 Å². The molecule has 2 aromatic rings. The van der Waals surface area contributed by atoms with Gasteiger partial charge in [0.1, 0.15) is 5.60 Å². The Balaban J connectivity index is 1.91. The minimum atomic E-state index is -4.80. The van der Waals surface area contributed by atoms with Crippen molar-refractivity contribution in [2.75, 3.05) is 24.7 Å². The Hall–Kier alpha value is -2.94. The van der Waals surface area contributed by atoms with Gasteiger partial charge in [-0.25, -0.2) is 12.7 Å². The van der Waals surface area contributed by atoms with Gasteiger partial charge in [0.15, 0.2) is 0 Å². The smallest absolute Gasteiger partial charge is 0.379 e. The van der Waals surface area contributed by atoms with Gasteiger partial charge in [-0.05, 0) is 42.5 Å². The first-order valence-corrected chi connectivity index (χ1v) is 12.3. The van der Waals surface area contributed by atoms with Crippen LogP contribution in [0.4, 0.5) is 18.9 Å². The molecule has 3 rings (SSSR count). The highest BCUT2D eigenvalue weighted by atomic mass is 32.2. The predicted octanol–water partition coefficient (Wildman–Crippen LogP) is 3.16. The molecule has 7 nitrogen and oxygen atoms in total. The van der Waals surface area contributed by atoms with Crippen LogP contribution in [0.2, 0.25) is 0 Å². The number of alkyl halides is 3. The van der Waals surface area contributed by atoms with Crippen LogP contribution in [0, 0.1) is 17.2 Å². The van der Waals surface area contributed by atoms with E-state index in [2.05, 4.69) is 5.32 Å². The van der Waals surface area contributed by atoms with Crippen molar-refractivity contribution in [3.8, 4) is 6.07 Å². The molecule has 1 fully saturated rings. The number of carbonyl (C=O) groups excluding carboxylic acids is 1. The molecule has 2 aromatic carbocycles. The van der Waals surface area contributed by atoms with Gasteiger partial charge < -0.3 is 10.4 Å². The summed E-state index contributed by atoms with van der Waals surface area (Å²) >= 11 is 0. The molecule has 1 heterocycles. The van der Waals surface area contributed by atoms with E-state index < -0.39 is 44.8 Å². The molecule has 0 bridgehead atoms. The molecular weight excluding hydrogens is 471 g/mol. The number of amides is 1. The zero-order valence-electron chi connectivity index (χ0n) is 18.3. The van der Waals surface area contributed by atoms with Crippen LogP contribution in [0.25, 0.3) is 0 Å². The molecule has 0 spiro atoms. The number of sulfonamides is 1. The first-order valence-electron chi connectivity index (χ1n) is 10.5. The van der Waals surface area contributed by atoms with Gasteiger partial charge in [-0.3, -0.25) is 4.79 Å². The van der Waals surface area contributed by atoms with Crippen LogP contribution in [0.5, 0.6) is 0 Å². The number of nitriles is 1. The van der Waals surface area contributed by atoms with E-state index in [9.17, 15) is 31.5 Å². The summed E-state index contributed by atoms with van der Waals surface area (Å²) in [4.78, 5) is 13.3. The molecule has 1 aliphatic rings. The largest absolute Gasteiger partial charge is 0.417 e. The van der Waals surface area contributed by atoms with Crippen molar-refractivity contribution in [2.45, 2.75) is 31.0 Å². The van der Waals surface area contributed by atoms with Crippen LogP contribution < -0.4 is 5.32 Å². The van der Waals surface area contributed by atoms with E-state index in [0.29, 0.717) is 11.6 Å². The number of aliphatic hydroxyl groups is 1. The normalized spacial score (nSPS) is 17.5. The van der Waals surface area contributed by atoms with Gasteiger partial charge in [-0.1, -0.05) is 30.3 Å². The Morgan fingerprint density at radius 1 is 1.18 bits per heavy atom. The summed E-state index contributed by atoms with van der Waals surface area (Å²) in [6, 6.07) is 12.9. The Morgan fingerprint density at radius 2 is 1.79 bits per heavy atom. The number of carbonyl (C=O) groups is 1. The molecular formula is C23H24F3N3O4S. The maximum atomic E-state index is 13.3. The van der Waals surface area contributed by atoms with E-state index in [1.165, 1.54) is 16.4 Å². The van der Waals surface area contributed by atoms with E-state index in [4.69, 9.17) is 5.26 Å². The predicted molar refractivity (Wildman–Crippen MR) is 119 cm³/mol. The molecule has 0 aromatic heterocycles. The number of halogens is 3. The highest BCUT2D eigenvalue weighted by Crippen LogP contribution is 2.36. The van der Waals surface area contributed by atoms with Crippen LogP contribution in [0.3, 0.4) is 0 Å². The second-order valence-corrected chi connectivity index (χ2v) is 10.3. The van der Waals surface area contributed by atoms with Gasteiger partial charge in [0.25, 0.3) is 5.91 Å². The zero-order valence-corrected chi connectivity index (χ0v) is 19.2. The van der Waals surface area contributed by atoms with E-state index >= 15 is 0 Å². The molecule has 1 amide bonds. The Bertz CT molecular complexity index is 1190. The third-order valence-corrected chi connectivity index (χ3v) is 7.31. The zero-order chi connectivity index (χ0) is 25.1. The van der Waals surface area contributed by atoms with Crippen LogP contribution in [-0.2, 0) is 27.4 Å². The van der Waals surface area contributed by atoms with Crippen LogP contribution in [0.15, 0.2) is 48.5 Å². The minimum absolute atomic E-state index is 0.106. The average Bonchev–Trinajstić information content (AvgIpc) is 2.78. The van der Waals surface area contributed by atoms with Crippen molar-refractivity contribution in [1.82, 2.24) is 4.31 Å². The molecule has 0 saturated carbocycles. The molecule has 0 radical (unpaired) electrons. The fourth-order valence-electron chi connectivity index (χ4n) is 4.18. The fraction of sp³-hybridized carbons (Fsp3) is 0.391. The quantitative estimate of drug-likeness (QED) is 0.640. The van der Waals surface area contributed by atoms with E-state index in [-0.39, 0.29) is 38.0 Å². The summed E-state index contributed by atoms with van der Waals surface area (Å²) in [5.74, 6) is -1.53. The number of hydrogen-bond acceptors (Lipinski definition) is 5. The van der Waals surface area contributed by atoms with Gasteiger partial charge in [0.05, 0.1) is 23.5 Å². The van der Waals surface area contributed by atoms with Gasteiger partial charge in [-0.15, -0.1) is 0 Å². The Labute approximate surface area is 195 Å². The number of piperidine rings is 1. The third-order valence-electron chi connectivity index (χ3n) is 6.01. The van der Waals surface area contributed by atoms with Crippen molar-refractivity contribution in [3.05, 3.63) is 65.2 Å². The average molecular weight is 496 g/mol. The summed E-state index contributed by atoms with van der Waals surface area (Å²) in [5, 5.41) is 22.9. The number of anilines is 1. The Morgan fingerprint density at radius 3 is 2.32 bits per heavy atom. The first-order chi connectivity index (χ1) is 15.8. The third kappa shape index (κ3) is 5.75. The summed E-state index contributed by atoms with van der Waals surface area (Å²) in [6.45, 7) is 0.228. The molecule has 1 saturated heterocycles. The number of nitrogens with zero attached hydrogens (tertiary/aromatic N) is 2. The summed E-state index contributed by atoms with van der Waals surface area (Å²) in [6.07, 6.45) is -3.43. The topological polar surface area (TPSA) is 110 Å². The SMILES string of the molecule is CS(=O)(=O)N1CCC([C@](O)(Cc2ccccc2)C(=O)Nc2ccc(C#N)c(C(F)(F)F)c2)CC1. The molecule has 0 unspecified atom stereocenters. The first kappa shape index (κ1) is 25.7.